The lowest BCUT2D eigenvalue weighted by atomic mass is 9.95. The number of hydrogen-bond acceptors (Lipinski definition) is 5. The molecular formula is C16H18N2O5. The van der Waals surface area contributed by atoms with Gasteiger partial charge in [0.2, 0.25) is 6.79 Å². The number of allylic oxidation sites excluding steroid dienone is 1. The molecule has 0 spiro atoms. The Balaban J connectivity index is 1.99. The van der Waals surface area contributed by atoms with E-state index in [1.807, 2.05) is 0 Å². The van der Waals surface area contributed by atoms with Crippen molar-refractivity contribution in [3.8, 4) is 11.5 Å². The summed E-state index contributed by atoms with van der Waals surface area (Å²) in [7, 11) is 0. The van der Waals surface area contributed by atoms with Crippen LogP contribution in [0.15, 0.2) is 29.5 Å². The zero-order valence-electron chi connectivity index (χ0n) is 13.1. The molecule has 1 aromatic rings. The normalized spacial score (nSPS) is 19.5. The number of hydrogen-bond donors (Lipinski definition) is 2. The SMILES string of the molecule is CC1=C(C(=O)OC(C)C)[C@H](c2ccc3c(c2)OCO3)NC(=O)N1. The number of carbonyl (C=O) groups excluding carboxylic acids is 2. The molecule has 0 aliphatic carbocycles. The van der Waals surface area contributed by atoms with Gasteiger partial charge in [0, 0.05) is 5.70 Å². The van der Waals surface area contributed by atoms with Gasteiger partial charge in [-0.1, -0.05) is 6.07 Å². The maximum Gasteiger partial charge on any atom is 0.338 e. The molecule has 3 rings (SSSR count). The van der Waals surface area contributed by atoms with Crippen molar-refractivity contribution < 1.29 is 23.8 Å². The zero-order valence-corrected chi connectivity index (χ0v) is 13.1. The minimum absolute atomic E-state index is 0.161. The van der Waals surface area contributed by atoms with E-state index in [0.717, 1.165) is 5.56 Å². The smallest absolute Gasteiger partial charge is 0.338 e. The summed E-state index contributed by atoms with van der Waals surface area (Å²) in [5.41, 5.74) is 1.57. The van der Waals surface area contributed by atoms with Crippen LogP contribution in [0.3, 0.4) is 0 Å². The largest absolute Gasteiger partial charge is 0.459 e. The van der Waals surface area contributed by atoms with Gasteiger partial charge in [-0.2, -0.15) is 0 Å². The van der Waals surface area contributed by atoms with Gasteiger partial charge in [0.1, 0.15) is 0 Å². The van der Waals surface area contributed by atoms with Crippen molar-refractivity contribution in [3.63, 3.8) is 0 Å². The standard InChI is InChI=1S/C16H18N2O5/c1-8(2)23-15(19)13-9(3)17-16(20)18-14(13)10-4-5-11-12(6-10)22-7-21-11/h4-6,8,14H,7H2,1-3H3,(H2,17,18,20)/t14-/m0/s1. The summed E-state index contributed by atoms with van der Waals surface area (Å²) in [6.07, 6.45) is -0.252. The van der Waals surface area contributed by atoms with Crippen LogP contribution in [0.5, 0.6) is 11.5 Å². The summed E-state index contributed by atoms with van der Waals surface area (Å²) >= 11 is 0. The monoisotopic (exact) mass is 318 g/mol. The molecule has 2 heterocycles. The predicted octanol–water partition coefficient (Wildman–Crippen LogP) is 1.99. The molecule has 122 valence electrons. The lowest BCUT2D eigenvalue weighted by Crippen LogP contribution is -2.45. The number of benzene rings is 1. The molecule has 2 N–H and O–H groups in total. The van der Waals surface area contributed by atoms with Crippen molar-refractivity contribution in [3.05, 3.63) is 35.0 Å². The minimum atomic E-state index is -0.607. The highest BCUT2D eigenvalue weighted by Gasteiger charge is 2.33. The van der Waals surface area contributed by atoms with Gasteiger partial charge in [-0.3, -0.25) is 0 Å². The Bertz CT molecular complexity index is 696. The van der Waals surface area contributed by atoms with Crippen LogP contribution in [0.2, 0.25) is 0 Å². The number of urea groups is 1. The van der Waals surface area contributed by atoms with Crippen LogP contribution in [-0.4, -0.2) is 24.9 Å². The van der Waals surface area contributed by atoms with Crippen LogP contribution in [0.4, 0.5) is 4.79 Å². The Morgan fingerprint density at radius 2 is 2.04 bits per heavy atom. The fraction of sp³-hybridized carbons (Fsp3) is 0.375. The fourth-order valence-electron chi connectivity index (χ4n) is 2.58. The molecule has 7 heteroatoms. The van der Waals surface area contributed by atoms with Crippen molar-refractivity contribution in [1.29, 1.82) is 0 Å². The topological polar surface area (TPSA) is 85.9 Å². The van der Waals surface area contributed by atoms with E-state index < -0.39 is 12.0 Å². The lowest BCUT2D eigenvalue weighted by molar-refractivity contribution is -0.143. The van der Waals surface area contributed by atoms with Gasteiger partial charge in [0.15, 0.2) is 11.5 Å². The van der Waals surface area contributed by atoms with E-state index in [-0.39, 0.29) is 18.9 Å². The maximum atomic E-state index is 12.4. The first kappa shape index (κ1) is 15.2. The number of carbonyl (C=O) groups is 2. The number of ether oxygens (including phenoxy) is 3. The Morgan fingerprint density at radius 1 is 1.30 bits per heavy atom. The van der Waals surface area contributed by atoms with E-state index in [1.165, 1.54) is 0 Å². The van der Waals surface area contributed by atoms with Gasteiger partial charge >= 0.3 is 12.0 Å². The number of rotatable bonds is 3. The number of nitrogens with one attached hydrogen (secondary N) is 2. The second-order valence-corrected chi connectivity index (χ2v) is 5.64. The molecule has 0 saturated heterocycles. The molecule has 0 bridgehead atoms. The summed E-state index contributed by atoms with van der Waals surface area (Å²) in [6.45, 7) is 5.39. The number of amides is 2. The maximum absolute atomic E-state index is 12.4. The second kappa shape index (κ2) is 5.83. The summed E-state index contributed by atoms with van der Waals surface area (Å²) in [4.78, 5) is 24.2. The highest BCUT2D eigenvalue weighted by atomic mass is 16.7. The van der Waals surface area contributed by atoms with Crippen LogP contribution < -0.4 is 20.1 Å². The van der Waals surface area contributed by atoms with Gasteiger partial charge in [-0.15, -0.1) is 0 Å². The first-order valence-corrected chi connectivity index (χ1v) is 7.34. The molecule has 2 aliphatic rings. The van der Waals surface area contributed by atoms with Gasteiger partial charge in [-0.25, -0.2) is 9.59 Å². The average molecular weight is 318 g/mol. The first-order chi connectivity index (χ1) is 11.0. The molecule has 23 heavy (non-hydrogen) atoms. The molecule has 0 saturated carbocycles. The van der Waals surface area contributed by atoms with E-state index in [9.17, 15) is 9.59 Å². The Morgan fingerprint density at radius 3 is 2.78 bits per heavy atom. The molecule has 2 amide bonds. The van der Waals surface area contributed by atoms with E-state index in [2.05, 4.69) is 10.6 Å². The number of esters is 1. The predicted molar refractivity (Wildman–Crippen MR) is 80.9 cm³/mol. The van der Waals surface area contributed by atoms with E-state index in [4.69, 9.17) is 14.2 Å². The Labute approximate surface area is 133 Å². The summed E-state index contributed by atoms with van der Waals surface area (Å²) in [5, 5.41) is 5.36. The van der Waals surface area contributed by atoms with Crippen molar-refractivity contribution in [2.24, 2.45) is 0 Å². The third-order valence-electron chi connectivity index (χ3n) is 3.56. The van der Waals surface area contributed by atoms with Gasteiger partial charge in [-0.05, 0) is 38.5 Å². The van der Waals surface area contributed by atoms with Crippen LogP contribution in [-0.2, 0) is 9.53 Å². The van der Waals surface area contributed by atoms with Crippen molar-refractivity contribution >= 4 is 12.0 Å². The molecule has 1 atom stereocenters. The quantitative estimate of drug-likeness (QED) is 0.833. The molecule has 7 nitrogen and oxygen atoms in total. The van der Waals surface area contributed by atoms with Gasteiger partial charge in [0.05, 0.1) is 17.7 Å². The van der Waals surface area contributed by atoms with Crippen molar-refractivity contribution in [2.75, 3.05) is 6.79 Å². The van der Waals surface area contributed by atoms with E-state index in [0.29, 0.717) is 22.8 Å². The van der Waals surface area contributed by atoms with Crippen molar-refractivity contribution in [1.82, 2.24) is 10.6 Å². The molecule has 2 aliphatic heterocycles. The van der Waals surface area contributed by atoms with Crippen LogP contribution in [0.1, 0.15) is 32.4 Å². The molecule has 1 aromatic carbocycles. The highest BCUT2D eigenvalue weighted by molar-refractivity contribution is 5.95. The third kappa shape index (κ3) is 2.94. The van der Waals surface area contributed by atoms with Gasteiger partial charge < -0.3 is 24.8 Å². The fourth-order valence-corrected chi connectivity index (χ4v) is 2.58. The minimum Gasteiger partial charge on any atom is -0.459 e. The molecule has 0 aromatic heterocycles. The molecule has 0 unspecified atom stereocenters. The van der Waals surface area contributed by atoms with Crippen LogP contribution in [0, 0.1) is 0 Å². The van der Waals surface area contributed by atoms with Crippen LogP contribution >= 0.6 is 0 Å². The summed E-state index contributed by atoms with van der Waals surface area (Å²) in [5.74, 6) is 0.762. The molecular weight excluding hydrogens is 300 g/mol. The summed E-state index contributed by atoms with van der Waals surface area (Å²) in [6, 6.07) is 4.33. The van der Waals surface area contributed by atoms with Crippen LogP contribution in [0.25, 0.3) is 0 Å². The van der Waals surface area contributed by atoms with Crippen molar-refractivity contribution in [2.45, 2.75) is 32.9 Å². The Hall–Kier alpha value is -2.70. The third-order valence-corrected chi connectivity index (χ3v) is 3.56. The number of fused-ring (bicyclic) bond motifs is 1. The lowest BCUT2D eigenvalue weighted by Gasteiger charge is -2.28. The summed E-state index contributed by atoms with van der Waals surface area (Å²) < 4.78 is 15.9. The zero-order chi connectivity index (χ0) is 16.6. The van der Waals surface area contributed by atoms with E-state index in [1.54, 1.807) is 39.0 Å². The second-order valence-electron chi connectivity index (χ2n) is 5.64. The van der Waals surface area contributed by atoms with Gasteiger partial charge in [0.25, 0.3) is 0 Å². The average Bonchev–Trinajstić information content (AvgIpc) is 2.92. The van der Waals surface area contributed by atoms with E-state index >= 15 is 0 Å². The molecule has 0 radical (unpaired) electrons. The highest BCUT2D eigenvalue weighted by Crippen LogP contribution is 2.37. The first-order valence-electron chi connectivity index (χ1n) is 7.34. The molecule has 0 fully saturated rings. The Kier molecular flexibility index (Phi) is 3.85.